The summed E-state index contributed by atoms with van der Waals surface area (Å²) in [5.74, 6) is -0.550. The Morgan fingerprint density at radius 1 is 1.29 bits per heavy atom. The number of aliphatic hydroxyl groups is 1. The van der Waals surface area contributed by atoms with Gasteiger partial charge in [-0.15, -0.1) is 0 Å². The fraction of sp³-hybridized carbons (Fsp3) is 0.417. The molecular weight excluding hydrogens is 261 g/mol. The molecule has 1 rings (SSSR count). The van der Waals surface area contributed by atoms with Crippen LogP contribution in [0, 0.1) is 0 Å². The van der Waals surface area contributed by atoms with E-state index in [0.717, 1.165) is 0 Å². The number of benzene rings is 1. The van der Waals surface area contributed by atoms with Gasteiger partial charge in [-0.1, -0.05) is 53.5 Å². The van der Waals surface area contributed by atoms with Crippen molar-refractivity contribution in [2.45, 2.75) is 23.7 Å². The van der Waals surface area contributed by atoms with Crippen LogP contribution in [0.3, 0.4) is 0 Å². The lowest BCUT2D eigenvalue weighted by molar-refractivity contribution is -0.124. The Hall–Kier alpha value is -0.770. The van der Waals surface area contributed by atoms with Crippen molar-refractivity contribution >= 4 is 29.1 Å². The molecule has 0 aliphatic rings. The number of aliphatic hydroxyl groups excluding tert-OH is 1. The molecule has 0 bridgehead atoms. The third-order valence-corrected chi connectivity index (χ3v) is 3.05. The van der Waals surface area contributed by atoms with Gasteiger partial charge in [0.15, 0.2) is 0 Å². The normalized spacial score (nSPS) is 12.3. The molecule has 0 saturated heterocycles. The molecule has 2 N–H and O–H groups in total. The number of nitrogens with one attached hydrogen (secondary N) is 1. The molecule has 0 spiro atoms. The van der Waals surface area contributed by atoms with Crippen LogP contribution in [0.1, 0.15) is 19.4 Å². The maximum atomic E-state index is 12.0. The monoisotopic (exact) mass is 275 g/mol. The van der Waals surface area contributed by atoms with Gasteiger partial charge in [-0.3, -0.25) is 4.79 Å². The molecule has 0 heterocycles. The van der Waals surface area contributed by atoms with E-state index in [0.29, 0.717) is 5.56 Å². The van der Waals surface area contributed by atoms with Crippen molar-refractivity contribution in [2.24, 2.45) is 0 Å². The Kier molecular flexibility index (Phi) is 4.42. The Labute approximate surface area is 111 Å². The summed E-state index contributed by atoms with van der Waals surface area (Å²) in [6, 6.07) is 8.65. The standard InChI is InChI=1S/C12H15Cl2NO2/c1-11(2,8-16)15-10(17)12(13,14)9-6-4-3-5-7-9/h3-7,16H,8H2,1-2H3,(H,15,17). The first-order valence-electron chi connectivity index (χ1n) is 5.16. The third kappa shape index (κ3) is 3.60. The van der Waals surface area contributed by atoms with Crippen molar-refractivity contribution in [2.75, 3.05) is 6.61 Å². The van der Waals surface area contributed by atoms with Gasteiger partial charge in [0.25, 0.3) is 5.91 Å². The molecule has 0 unspecified atom stereocenters. The van der Waals surface area contributed by atoms with Gasteiger partial charge in [-0.05, 0) is 19.4 Å². The van der Waals surface area contributed by atoms with Crippen LogP contribution in [0.25, 0.3) is 0 Å². The largest absolute Gasteiger partial charge is 0.394 e. The maximum Gasteiger partial charge on any atom is 0.261 e. The van der Waals surface area contributed by atoms with Crippen LogP contribution in [0.4, 0.5) is 0 Å². The van der Waals surface area contributed by atoms with Crippen LogP contribution in [-0.4, -0.2) is 23.2 Å². The van der Waals surface area contributed by atoms with E-state index in [2.05, 4.69) is 5.32 Å². The molecule has 0 saturated carbocycles. The summed E-state index contributed by atoms with van der Waals surface area (Å²) in [6.45, 7) is 3.16. The number of carbonyl (C=O) groups is 1. The summed E-state index contributed by atoms with van der Waals surface area (Å²) in [6.07, 6.45) is 0. The minimum Gasteiger partial charge on any atom is -0.394 e. The quantitative estimate of drug-likeness (QED) is 0.828. The molecule has 94 valence electrons. The third-order valence-electron chi connectivity index (χ3n) is 2.27. The zero-order valence-corrected chi connectivity index (χ0v) is 11.2. The van der Waals surface area contributed by atoms with Crippen LogP contribution >= 0.6 is 23.2 Å². The van der Waals surface area contributed by atoms with Gasteiger partial charge in [-0.25, -0.2) is 0 Å². The van der Waals surface area contributed by atoms with Gasteiger partial charge in [0.2, 0.25) is 4.33 Å². The molecule has 0 aliphatic heterocycles. The fourth-order valence-electron chi connectivity index (χ4n) is 1.20. The van der Waals surface area contributed by atoms with Gasteiger partial charge in [0, 0.05) is 0 Å². The number of hydrogen-bond donors (Lipinski definition) is 2. The fourth-order valence-corrected chi connectivity index (χ4v) is 1.55. The van der Waals surface area contributed by atoms with Crippen molar-refractivity contribution < 1.29 is 9.90 Å². The van der Waals surface area contributed by atoms with Gasteiger partial charge < -0.3 is 10.4 Å². The molecule has 0 aromatic heterocycles. The molecule has 5 heteroatoms. The lowest BCUT2D eigenvalue weighted by atomic mass is 10.1. The zero-order valence-electron chi connectivity index (χ0n) is 9.71. The predicted octanol–water partition coefficient (Wildman–Crippen LogP) is 2.20. The highest BCUT2D eigenvalue weighted by Crippen LogP contribution is 2.34. The molecule has 0 aliphatic carbocycles. The van der Waals surface area contributed by atoms with Crippen LogP contribution in [0.5, 0.6) is 0 Å². The average Bonchev–Trinajstić information content (AvgIpc) is 2.29. The molecule has 0 atom stereocenters. The molecule has 17 heavy (non-hydrogen) atoms. The SMILES string of the molecule is CC(C)(CO)NC(=O)C(Cl)(Cl)c1ccccc1. The van der Waals surface area contributed by atoms with Crippen LogP contribution in [0.15, 0.2) is 30.3 Å². The minimum absolute atomic E-state index is 0.197. The summed E-state index contributed by atoms with van der Waals surface area (Å²) in [7, 11) is 0. The first-order chi connectivity index (χ1) is 7.79. The number of halogens is 2. The average molecular weight is 276 g/mol. The van der Waals surface area contributed by atoms with E-state index in [-0.39, 0.29) is 6.61 Å². The highest BCUT2D eigenvalue weighted by molar-refractivity contribution is 6.57. The van der Waals surface area contributed by atoms with E-state index in [9.17, 15) is 4.79 Å². The summed E-state index contributed by atoms with van der Waals surface area (Å²) < 4.78 is -1.66. The Bertz CT molecular complexity index is 391. The van der Waals surface area contributed by atoms with E-state index in [1.54, 1.807) is 38.1 Å². The second-order valence-electron chi connectivity index (χ2n) is 4.44. The molecular formula is C12H15Cl2NO2. The number of rotatable bonds is 4. The molecule has 1 amide bonds. The minimum atomic E-state index is -1.66. The summed E-state index contributed by atoms with van der Waals surface area (Å²) in [4.78, 5) is 12.0. The van der Waals surface area contributed by atoms with Crippen LogP contribution in [0.2, 0.25) is 0 Å². The lowest BCUT2D eigenvalue weighted by Crippen LogP contribution is -2.50. The zero-order chi connectivity index (χ0) is 13.1. The van der Waals surface area contributed by atoms with E-state index in [4.69, 9.17) is 28.3 Å². The topological polar surface area (TPSA) is 49.3 Å². The van der Waals surface area contributed by atoms with E-state index >= 15 is 0 Å². The van der Waals surface area contributed by atoms with Gasteiger partial charge in [0.05, 0.1) is 12.1 Å². The summed E-state index contributed by atoms with van der Waals surface area (Å²) in [5.41, 5.74) is -0.268. The highest BCUT2D eigenvalue weighted by atomic mass is 35.5. The number of hydrogen-bond acceptors (Lipinski definition) is 2. The molecule has 1 aromatic carbocycles. The number of carbonyl (C=O) groups excluding carboxylic acids is 1. The van der Waals surface area contributed by atoms with Crippen molar-refractivity contribution in [3.8, 4) is 0 Å². The number of amides is 1. The lowest BCUT2D eigenvalue weighted by Gasteiger charge is -2.28. The highest BCUT2D eigenvalue weighted by Gasteiger charge is 2.38. The summed E-state index contributed by atoms with van der Waals surface area (Å²) >= 11 is 12.1. The van der Waals surface area contributed by atoms with Crippen molar-refractivity contribution in [3.63, 3.8) is 0 Å². The smallest absolute Gasteiger partial charge is 0.261 e. The van der Waals surface area contributed by atoms with E-state index in [1.807, 2.05) is 6.07 Å². The van der Waals surface area contributed by atoms with Crippen molar-refractivity contribution in [1.29, 1.82) is 0 Å². The summed E-state index contributed by atoms with van der Waals surface area (Å²) in [5, 5.41) is 11.7. The Balaban J connectivity index is 2.88. The molecule has 0 radical (unpaired) electrons. The first-order valence-corrected chi connectivity index (χ1v) is 5.92. The first kappa shape index (κ1) is 14.3. The second kappa shape index (κ2) is 5.25. The molecule has 3 nitrogen and oxygen atoms in total. The number of alkyl halides is 2. The van der Waals surface area contributed by atoms with Gasteiger partial charge in [0.1, 0.15) is 0 Å². The predicted molar refractivity (Wildman–Crippen MR) is 69.1 cm³/mol. The van der Waals surface area contributed by atoms with E-state index < -0.39 is 15.8 Å². The van der Waals surface area contributed by atoms with Gasteiger partial charge in [-0.2, -0.15) is 0 Å². The van der Waals surface area contributed by atoms with Crippen LogP contribution in [-0.2, 0) is 9.13 Å². The van der Waals surface area contributed by atoms with E-state index in [1.165, 1.54) is 0 Å². The Morgan fingerprint density at radius 2 is 1.82 bits per heavy atom. The van der Waals surface area contributed by atoms with Gasteiger partial charge >= 0.3 is 0 Å². The molecule has 0 fully saturated rings. The second-order valence-corrected chi connectivity index (χ2v) is 5.76. The molecule has 1 aromatic rings. The maximum absolute atomic E-state index is 12.0. The van der Waals surface area contributed by atoms with Crippen molar-refractivity contribution in [1.82, 2.24) is 5.32 Å². The Morgan fingerprint density at radius 3 is 2.29 bits per heavy atom. The van der Waals surface area contributed by atoms with Crippen molar-refractivity contribution in [3.05, 3.63) is 35.9 Å². The van der Waals surface area contributed by atoms with Crippen LogP contribution < -0.4 is 5.32 Å².